The maximum absolute atomic E-state index is 11.8. The van der Waals surface area contributed by atoms with Gasteiger partial charge in [0.15, 0.2) is 0 Å². The van der Waals surface area contributed by atoms with Gasteiger partial charge in [0.05, 0.1) is 0 Å². The van der Waals surface area contributed by atoms with Crippen LogP contribution in [0.3, 0.4) is 0 Å². The fourth-order valence-electron chi connectivity index (χ4n) is 1.54. The van der Waals surface area contributed by atoms with E-state index >= 15 is 0 Å². The first-order valence-electron chi connectivity index (χ1n) is 6.07. The zero-order valence-electron chi connectivity index (χ0n) is 10.8. The van der Waals surface area contributed by atoms with E-state index < -0.39 is 6.03 Å². The van der Waals surface area contributed by atoms with Crippen molar-refractivity contribution < 1.29 is 14.7 Å². The number of nitrogens with two attached hydrogens (primary N) is 1. The van der Waals surface area contributed by atoms with E-state index in [1.807, 2.05) is 6.92 Å². The summed E-state index contributed by atoms with van der Waals surface area (Å²) < 4.78 is 0. The average molecular weight is 265 g/mol. The second-order valence-corrected chi connectivity index (χ2v) is 4.30. The van der Waals surface area contributed by atoms with Gasteiger partial charge in [-0.25, -0.2) is 4.79 Å². The van der Waals surface area contributed by atoms with Gasteiger partial charge in [0.1, 0.15) is 0 Å². The Labute approximate surface area is 112 Å². The Morgan fingerprint density at radius 3 is 2.47 bits per heavy atom. The van der Waals surface area contributed by atoms with E-state index in [0.29, 0.717) is 18.5 Å². The van der Waals surface area contributed by atoms with Crippen LogP contribution in [0.15, 0.2) is 24.3 Å². The summed E-state index contributed by atoms with van der Waals surface area (Å²) in [7, 11) is 0. The van der Waals surface area contributed by atoms with Crippen molar-refractivity contribution in [2.75, 3.05) is 6.61 Å². The van der Waals surface area contributed by atoms with Crippen molar-refractivity contribution in [1.82, 2.24) is 10.6 Å². The van der Waals surface area contributed by atoms with Crippen LogP contribution in [-0.2, 0) is 6.54 Å². The summed E-state index contributed by atoms with van der Waals surface area (Å²) >= 11 is 0. The monoisotopic (exact) mass is 265 g/mol. The number of hydrogen-bond donors (Lipinski definition) is 4. The van der Waals surface area contributed by atoms with Crippen molar-refractivity contribution in [3.05, 3.63) is 35.4 Å². The second kappa shape index (κ2) is 7.38. The zero-order valence-corrected chi connectivity index (χ0v) is 10.8. The molecule has 6 heteroatoms. The maximum atomic E-state index is 11.8. The summed E-state index contributed by atoms with van der Waals surface area (Å²) in [6.07, 6.45) is 0.520. The quantitative estimate of drug-likeness (QED) is 0.596. The smallest absolute Gasteiger partial charge is 0.312 e. The lowest BCUT2D eigenvalue weighted by Crippen LogP contribution is -2.33. The average Bonchev–Trinajstić information content (AvgIpc) is 2.37. The highest BCUT2D eigenvalue weighted by Crippen LogP contribution is 2.05. The van der Waals surface area contributed by atoms with Crippen molar-refractivity contribution in [2.45, 2.75) is 25.9 Å². The third-order valence-corrected chi connectivity index (χ3v) is 2.62. The van der Waals surface area contributed by atoms with Gasteiger partial charge < -0.3 is 21.5 Å². The van der Waals surface area contributed by atoms with Crippen molar-refractivity contribution >= 4 is 11.9 Å². The van der Waals surface area contributed by atoms with Crippen LogP contribution in [0.5, 0.6) is 0 Å². The van der Waals surface area contributed by atoms with Gasteiger partial charge in [0, 0.05) is 24.8 Å². The summed E-state index contributed by atoms with van der Waals surface area (Å²) in [6, 6.07) is 6.20. The topological polar surface area (TPSA) is 104 Å². The Kier molecular flexibility index (Phi) is 5.81. The van der Waals surface area contributed by atoms with Crippen LogP contribution < -0.4 is 16.4 Å². The molecule has 0 heterocycles. The van der Waals surface area contributed by atoms with Gasteiger partial charge in [-0.2, -0.15) is 0 Å². The fourth-order valence-corrected chi connectivity index (χ4v) is 1.54. The summed E-state index contributed by atoms with van der Waals surface area (Å²) in [5, 5.41) is 14.0. The molecule has 6 nitrogen and oxygen atoms in total. The molecule has 0 aromatic heterocycles. The Balaban J connectivity index is 2.55. The molecule has 0 aliphatic rings. The Morgan fingerprint density at radius 1 is 1.32 bits per heavy atom. The molecule has 1 aromatic rings. The fraction of sp³-hybridized carbons (Fsp3) is 0.385. The Bertz CT molecular complexity index is 431. The predicted octanol–water partition coefficient (Wildman–Crippen LogP) is 0.356. The van der Waals surface area contributed by atoms with Gasteiger partial charge in [0.2, 0.25) is 0 Å². The molecule has 5 N–H and O–H groups in total. The van der Waals surface area contributed by atoms with Crippen molar-refractivity contribution in [1.29, 1.82) is 0 Å². The molecule has 0 spiro atoms. The van der Waals surface area contributed by atoms with Gasteiger partial charge in [-0.15, -0.1) is 0 Å². The Hall–Kier alpha value is -2.08. The van der Waals surface area contributed by atoms with Crippen LogP contribution in [-0.4, -0.2) is 29.7 Å². The molecule has 0 saturated heterocycles. The number of aliphatic hydroxyl groups excluding tert-OH is 1. The minimum absolute atomic E-state index is 0.0408. The van der Waals surface area contributed by atoms with Crippen LogP contribution in [0.4, 0.5) is 4.79 Å². The third-order valence-electron chi connectivity index (χ3n) is 2.62. The first-order valence-corrected chi connectivity index (χ1v) is 6.07. The zero-order chi connectivity index (χ0) is 14.3. The number of hydrogen-bond acceptors (Lipinski definition) is 3. The first-order chi connectivity index (χ1) is 9.02. The highest BCUT2D eigenvalue weighted by molar-refractivity contribution is 5.94. The van der Waals surface area contributed by atoms with Crippen LogP contribution >= 0.6 is 0 Å². The minimum Gasteiger partial charge on any atom is -0.396 e. The molecule has 3 amide bonds. The second-order valence-electron chi connectivity index (χ2n) is 4.30. The molecule has 0 radical (unpaired) electrons. The van der Waals surface area contributed by atoms with Crippen LogP contribution in [0.25, 0.3) is 0 Å². The largest absolute Gasteiger partial charge is 0.396 e. The van der Waals surface area contributed by atoms with Gasteiger partial charge in [-0.1, -0.05) is 12.1 Å². The van der Waals surface area contributed by atoms with E-state index in [4.69, 9.17) is 10.8 Å². The van der Waals surface area contributed by atoms with E-state index in [1.165, 1.54) is 0 Å². The van der Waals surface area contributed by atoms with E-state index in [1.54, 1.807) is 24.3 Å². The normalized spacial score (nSPS) is 11.7. The van der Waals surface area contributed by atoms with Crippen molar-refractivity contribution in [2.24, 2.45) is 5.73 Å². The first kappa shape index (κ1) is 15.0. The molecular formula is C13H19N3O3. The van der Waals surface area contributed by atoms with E-state index in [0.717, 1.165) is 5.56 Å². The molecule has 0 aliphatic heterocycles. The van der Waals surface area contributed by atoms with Crippen molar-refractivity contribution in [3.8, 4) is 0 Å². The van der Waals surface area contributed by atoms with Gasteiger partial charge in [-0.3, -0.25) is 4.79 Å². The maximum Gasteiger partial charge on any atom is 0.312 e. The number of carbonyl (C=O) groups is 2. The van der Waals surface area contributed by atoms with E-state index in [9.17, 15) is 9.59 Å². The lowest BCUT2D eigenvalue weighted by Gasteiger charge is -2.12. The lowest BCUT2D eigenvalue weighted by atomic mass is 10.1. The third kappa shape index (κ3) is 5.39. The van der Waals surface area contributed by atoms with Crippen LogP contribution in [0.1, 0.15) is 29.3 Å². The molecule has 1 rings (SSSR count). The molecule has 0 saturated carbocycles. The highest BCUT2D eigenvalue weighted by atomic mass is 16.3. The van der Waals surface area contributed by atoms with E-state index in [2.05, 4.69) is 10.6 Å². The van der Waals surface area contributed by atoms with Crippen LogP contribution in [0.2, 0.25) is 0 Å². The van der Waals surface area contributed by atoms with Gasteiger partial charge >= 0.3 is 6.03 Å². The molecule has 104 valence electrons. The molecule has 1 aromatic carbocycles. The molecule has 19 heavy (non-hydrogen) atoms. The molecule has 0 fully saturated rings. The number of benzene rings is 1. The molecule has 0 aliphatic carbocycles. The summed E-state index contributed by atoms with van der Waals surface area (Å²) in [5.74, 6) is -0.185. The minimum atomic E-state index is -0.584. The molecule has 1 atom stereocenters. The number of primary amides is 1. The van der Waals surface area contributed by atoms with Gasteiger partial charge in [-0.05, 0) is 31.0 Å². The number of amides is 3. The highest BCUT2D eigenvalue weighted by Gasteiger charge is 2.09. The molecule has 1 unspecified atom stereocenters. The molecule has 0 bridgehead atoms. The summed E-state index contributed by atoms with van der Waals surface area (Å²) in [6.45, 7) is 2.20. The Morgan fingerprint density at radius 2 is 1.95 bits per heavy atom. The molecular weight excluding hydrogens is 246 g/mol. The number of rotatable bonds is 6. The predicted molar refractivity (Wildman–Crippen MR) is 71.5 cm³/mol. The van der Waals surface area contributed by atoms with E-state index in [-0.39, 0.29) is 18.6 Å². The number of aliphatic hydroxyl groups is 1. The van der Waals surface area contributed by atoms with Crippen molar-refractivity contribution in [3.63, 3.8) is 0 Å². The SMILES string of the molecule is CC(CCO)NC(=O)c1ccc(CNC(N)=O)cc1. The number of carbonyl (C=O) groups excluding carboxylic acids is 2. The van der Waals surface area contributed by atoms with Gasteiger partial charge in [0.25, 0.3) is 5.91 Å². The standard InChI is InChI=1S/C13H19N3O3/c1-9(6-7-17)16-12(18)11-4-2-10(3-5-11)8-15-13(14)19/h2-5,9,17H,6-8H2,1H3,(H,16,18)(H3,14,15,19). The summed E-state index contributed by atoms with van der Waals surface area (Å²) in [4.78, 5) is 22.4. The number of urea groups is 1. The lowest BCUT2D eigenvalue weighted by molar-refractivity contribution is 0.0934. The summed E-state index contributed by atoms with van der Waals surface area (Å²) in [5.41, 5.74) is 6.36. The number of nitrogens with one attached hydrogen (secondary N) is 2. The van der Waals surface area contributed by atoms with Crippen LogP contribution in [0, 0.1) is 0 Å².